The van der Waals surface area contributed by atoms with Crippen molar-refractivity contribution < 1.29 is 14.6 Å². The molecule has 0 heterocycles. The molecule has 42 heavy (non-hydrogen) atoms. The van der Waals surface area contributed by atoms with Crippen molar-refractivity contribution in [2.45, 2.75) is 16.7 Å². The first kappa shape index (κ1) is 27.8. The molecule has 5 heteroatoms. The monoisotopic (exact) mass is 571 g/mol. The lowest BCUT2D eigenvalue weighted by Crippen LogP contribution is -2.41. The number of thioether (sulfide) groups is 1. The Kier molecular flexibility index (Phi) is 8.40. The molecule has 210 valence electrons. The fourth-order valence-corrected chi connectivity index (χ4v) is 7.49. The van der Waals surface area contributed by atoms with E-state index >= 15 is 0 Å². The van der Waals surface area contributed by atoms with Gasteiger partial charge in [0.1, 0.15) is 6.61 Å². The minimum absolute atomic E-state index is 0.0213. The summed E-state index contributed by atoms with van der Waals surface area (Å²) in [5.74, 6) is 0.450. The highest BCUT2D eigenvalue weighted by atomic mass is 32.2. The number of hydrogen-bond acceptors (Lipinski definition) is 4. The minimum Gasteiger partial charge on any atom is -0.449 e. The summed E-state index contributed by atoms with van der Waals surface area (Å²) in [5, 5.41) is 13.3. The third-order valence-electron chi connectivity index (χ3n) is 7.93. The molecule has 0 aliphatic heterocycles. The second-order valence-electron chi connectivity index (χ2n) is 10.4. The van der Waals surface area contributed by atoms with Crippen LogP contribution in [-0.2, 0) is 9.48 Å². The van der Waals surface area contributed by atoms with Crippen LogP contribution < -0.4 is 5.32 Å². The van der Waals surface area contributed by atoms with Gasteiger partial charge >= 0.3 is 6.09 Å². The third kappa shape index (κ3) is 5.46. The highest BCUT2D eigenvalue weighted by molar-refractivity contribution is 8.00. The second kappa shape index (κ2) is 12.7. The standard InChI is InChI=1S/C37H33NO3S/c39-24-30(38-36(40)41-25-35-33-22-12-10-20-31(33)32-21-11-13-23-34(32)35)26-42-37(27-14-4-1-5-15-27,28-16-6-2-7-17-28)29-18-8-3-9-19-29/h1-23,30,35,39H,24-26H2,(H,38,40)/t30-/m1/s1. The molecule has 1 atom stereocenters. The van der Waals surface area contributed by atoms with Gasteiger partial charge in [0, 0.05) is 11.7 Å². The summed E-state index contributed by atoms with van der Waals surface area (Å²) in [7, 11) is 0. The van der Waals surface area contributed by atoms with Crippen LogP contribution in [0.5, 0.6) is 0 Å². The van der Waals surface area contributed by atoms with Crippen LogP contribution in [0.3, 0.4) is 0 Å². The van der Waals surface area contributed by atoms with Crippen molar-refractivity contribution in [3.05, 3.63) is 167 Å². The number of fused-ring (bicyclic) bond motifs is 3. The molecule has 0 aromatic heterocycles. The first-order chi connectivity index (χ1) is 20.7. The van der Waals surface area contributed by atoms with Gasteiger partial charge in [-0.3, -0.25) is 0 Å². The van der Waals surface area contributed by atoms with Gasteiger partial charge in [0.25, 0.3) is 0 Å². The zero-order valence-electron chi connectivity index (χ0n) is 23.2. The largest absolute Gasteiger partial charge is 0.449 e. The Labute approximate surface area is 251 Å². The zero-order valence-corrected chi connectivity index (χ0v) is 24.0. The van der Waals surface area contributed by atoms with E-state index < -0.39 is 16.9 Å². The maximum Gasteiger partial charge on any atom is 0.407 e. The lowest BCUT2D eigenvalue weighted by atomic mass is 9.84. The molecule has 0 radical (unpaired) electrons. The number of carbonyl (C=O) groups is 1. The van der Waals surface area contributed by atoms with Crippen LogP contribution in [-0.4, -0.2) is 36.2 Å². The van der Waals surface area contributed by atoms with E-state index in [1.54, 1.807) is 11.8 Å². The van der Waals surface area contributed by atoms with E-state index in [9.17, 15) is 9.90 Å². The first-order valence-corrected chi connectivity index (χ1v) is 15.2. The van der Waals surface area contributed by atoms with Gasteiger partial charge in [-0.15, -0.1) is 11.8 Å². The summed E-state index contributed by atoms with van der Waals surface area (Å²) >= 11 is 1.70. The fourth-order valence-electron chi connectivity index (χ4n) is 5.94. The Bertz CT molecular complexity index is 1480. The quantitative estimate of drug-likeness (QED) is 0.169. The normalized spacial score (nSPS) is 13.2. The molecule has 4 nitrogen and oxygen atoms in total. The SMILES string of the molecule is O=C(N[C@H](CO)CSC(c1ccccc1)(c1ccccc1)c1ccccc1)OCC1c2ccccc2-c2ccccc21. The van der Waals surface area contributed by atoms with Crippen molar-refractivity contribution >= 4 is 17.9 Å². The van der Waals surface area contributed by atoms with Crippen LogP contribution in [0, 0.1) is 0 Å². The molecule has 5 aromatic carbocycles. The smallest absolute Gasteiger partial charge is 0.407 e. The van der Waals surface area contributed by atoms with Crippen molar-refractivity contribution in [2.24, 2.45) is 0 Å². The van der Waals surface area contributed by atoms with Gasteiger partial charge in [-0.2, -0.15) is 0 Å². The number of aliphatic hydroxyl groups excluding tert-OH is 1. The maximum atomic E-state index is 13.1. The van der Waals surface area contributed by atoms with E-state index in [4.69, 9.17) is 4.74 Å². The topological polar surface area (TPSA) is 58.6 Å². The number of benzene rings is 5. The summed E-state index contributed by atoms with van der Waals surface area (Å²) in [6.07, 6.45) is -0.527. The van der Waals surface area contributed by atoms with Crippen molar-refractivity contribution in [2.75, 3.05) is 19.0 Å². The molecular weight excluding hydrogens is 538 g/mol. The minimum atomic E-state index is -0.542. The zero-order chi connectivity index (χ0) is 28.8. The van der Waals surface area contributed by atoms with Crippen molar-refractivity contribution in [1.29, 1.82) is 0 Å². The van der Waals surface area contributed by atoms with Crippen molar-refractivity contribution in [3.8, 4) is 11.1 Å². The Morgan fingerprint density at radius 1 is 0.690 bits per heavy atom. The van der Waals surface area contributed by atoms with Gasteiger partial charge in [-0.25, -0.2) is 4.79 Å². The summed E-state index contributed by atoms with van der Waals surface area (Å²) in [5.41, 5.74) is 8.09. The van der Waals surface area contributed by atoms with Crippen LogP contribution in [0.15, 0.2) is 140 Å². The Morgan fingerprint density at radius 2 is 1.12 bits per heavy atom. The number of ether oxygens (including phenoxy) is 1. The molecule has 1 amide bonds. The number of nitrogens with one attached hydrogen (secondary N) is 1. The molecule has 0 spiro atoms. The summed E-state index contributed by atoms with van der Waals surface area (Å²) in [4.78, 5) is 13.1. The van der Waals surface area contributed by atoms with Gasteiger partial charge < -0.3 is 15.2 Å². The van der Waals surface area contributed by atoms with Crippen molar-refractivity contribution in [1.82, 2.24) is 5.32 Å². The fraction of sp³-hybridized carbons (Fsp3) is 0.162. The van der Waals surface area contributed by atoms with Gasteiger partial charge in [0.05, 0.1) is 17.4 Å². The number of carbonyl (C=O) groups excluding carboxylic acids is 1. The van der Waals surface area contributed by atoms with Gasteiger partial charge in [-0.1, -0.05) is 140 Å². The summed E-state index contributed by atoms with van der Waals surface area (Å²) < 4.78 is 5.25. The van der Waals surface area contributed by atoms with E-state index in [0.29, 0.717) is 5.75 Å². The van der Waals surface area contributed by atoms with Crippen LogP contribution in [0.25, 0.3) is 11.1 Å². The molecule has 2 N–H and O–H groups in total. The highest BCUT2D eigenvalue weighted by Crippen LogP contribution is 2.49. The van der Waals surface area contributed by atoms with E-state index in [0.717, 1.165) is 16.7 Å². The number of rotatable bonds is 10. The molecular formula is C37H33NO3S. The number of amides is 1. The molecule has 0 unspecified atom stereocenters. The van der Waals surface area contributed by atoms with E-state index in [-0.39, 0.29) is 19.1 Å². The number of aliphatic hydroxyl groups is 1. The second-order valence-corrected chi connectivity index (χ2v) is 11.7. The van der Waals surface area contributed by atoms with Crippen LogP contribution in [0.2, 0.25) is 0 Å². The average Bonchev–Trinajstić information content (AvgIpc) is 3.38. The molecule has 1 aliphatic rings. The molecule has 1 aliphatic carbocycles. The molecule has 0 fully saturated rings. The predicted molar refractivity (Wildman–Crippen MR) is 171 cm³/mol. The number of hydrogen-bond donors (Lipinski definition) is 2. The molecule has 0 bridgehead atoms. The van der Waals surface area contributed by atoms with Crippen LogP contribution in [0.1, 0.15) is 33.7 Å². The molecule has 0 saturated carbocycles. The van der Waals surface area contributed by atoms with Crippen LogP contribution in [0.4, 0.5) is 4.79 Å². The van der Waals surface area contributed by atoms with E-state index in [1.807, 2.05) is 42.5 Å². The van der Waals surface area contributed by atoms with E-state index in [1.165, 1.54) is 22.3 Å². The molecule has 5 aromatic rings. The van der Waals surface area contributed by atoms with Gasteiger partial charge in [0.15, 0.2) is 0 Å². The highest BCUT2D eigenvalue weighted by Gasteiger charge is 2.38. The summed E-state index contributed by atoms with van der Waals surface area (Å²) in [6.45, 7) is 0.0266. The Hall–Kier alpha value is -4.32. The number of alkyl carbamates (subject to hydrolysis) is 1. The molecule has 6 rings (SSSR count). The Morgan fingerprint density at radius 3 is 1.57 bits per heavy atom. The predicted octanol–water partition coefficient (Wildman–Crippen LogP) is 7.61. The average molecular weight is 572 g/mol. The lowest BCUT2D eigenvalue weighted by Gasteiger charge is -2.36. The maximum absolute atomic E-state index is 13.1. The van der Waals surface area contributed by atoms with Gasteiger partial charge in [0.2, 0.25) is 0 Å². The first-order valence-electron chi connectivity index (χ1n) is 14.2. The van der Waals surface area contributed by atoms with E-state index in [2.05, 4.69) is 102 Å². The lowest BCUT2D eigenvalue weighted by molar-refractivity contribution is 0.134. The Balaban J connectivity index is 1.20. The van der Waals surface area contributed by atoms with Gasteiger partial charge in [-0.05, 0) is 38.9 Å². The summed E-state index contributed by atoms with van der Waals surface area (Å²) in [6, 6.07) is 47.2. The van der Waals surface area contributed by atoms with Crippen molar-refractivity contribution in [3.63, 3.8) is 0 Å². The molecule has 0 saturated heterocycles. The third-order valence-corrected chi connectivity index (χ3v) is 9.64. The van der Waals surface area contributed by atoms with Crippen LogP contribution >= 0.6 is 11.8 Å².